The Kier molecular flexibility index (Phi) is 7.84. The van der Waals surface area contributed by atoms with Crippen molar-refractivity contribution < 1.29 is 9.21 Å². The maximum atomic E-state index is 12.6. The number of furan rings is 1. The Bertz CT molecular complexity index is 1560. The van der Waals surface area contributed by atoms with Crippen molar-refractivity contribution in [1.82, 2.24) is 14.9 Å². The summed E-state index contributed by atoms with van der Waals surface area (Å²) in [5.74, 6) is 1.57. The van der Waals surface area contributed by atoms with Crippen molar-refractivity contribution in [2.45, 2.75) is 19.9 Å². The number of nitrogens with one attached hydrogen (secondary N) is 3. The molecule has 0 radical (unpaired) electrons. The fourth-order valence-corrected chi connectivity index (χ4v) is 4.56. The van der Waals surface area contributed by atoms with Crippen molar-refractivity contribution in [3.05, 3.63) is 102 Å². The van der Waals surface area contributed by atoms with Crippen molar-refractivity contribution in [2.24, 2.45) is 0 Å². The molecule has 0 aliphatic heterocycles. The van der Waals surface area contributed by atoms with Gasteiger partial charge < -0.3 is 25.3 Å². The summed E-state index contributed by atoms with van der Waals surface area (Å²) in [5.41, 5.74) is 6.33. The number of anilines is 3. The summed E-state index contributed by atoms with van der Waals surface area (Å²) in [6.45, 7) is 3.47. The van der Waals surface area contributed by atoms with Gasteiger partial charge in [-0.05, 0) is 56.8 Å². The molecular weight excluding hydrogens is 488 g/mol. The number of aromatic nitrogens is 2. The van der Waals surface area contributed by atoms with E-state index in [1.54, 1.807) is 0 Å². The highest BCUT2D eigenvalue weighted by molar-refractivity contribution is 6.00. The van der Waals surface area contributed by atoms with Gasteiger partial charge in [0, 0.05) is 35.6 Å². The molecule has 0 bridgehead atoms. The molecule has 2 heterocycles. The van der Waals surface area contributed by atoms with Crippen LogP contribution in [0.5, 0.6) is 0 Å². The summed E-state index contributed by atoms with van der Waals surface area (Å²) >= 11 is 0. The molecule has 39 heavy (non-hydrogen) atoms. The molecular formula is C31H32N6O2. The lowest BCUT2D eigenvalue weighted by atomic mass is 10.1. The number of carbonyl (C=O) groups excluding carboxylic acids is 1. The first-order chi connectivity index (χ1) is 19.0. The standard InChI is InChI=1S/C31H32N6O2/c1-21-27-29(33-20-34-30(27)39-28(21)23-9-5-4-6-10-23)32-18-17-22-13-15-25(16-14-22)35-31(38)36-26-12-8-7-11-24(26)19-37(2)3/h4-16,20H,17-19H2,1-3H3,(H,32,33,34)(H2,35,36,38). The van der Waals surface area contributed by atoms with Crippen LogP contribution in [0.1, 0.15) is 16.7 Å². The zero-order valence-corrected chi connectivity index (χ0v) is 22.4. The molecule has 0 spiro atoms. The summed E-state index contributed by atoms with van der Waals surface area (Å²) in [6, 6.07) is 25.4. The summed E-state index contributed by atoms with van der Waals surface area (Å²) < 4.78 is 6.06. The minimum absolute atomic E-state index is 0.270. The van der Waals surface area contributed by atoms with Crippen molar-refractivity contribution >= 4 is 34.3 Å². The topological polar surface area (TPSA) is 95.3 Å². The van der Waals surface area contributed by atoms with Crippen LogP contribution in [0.4, 0.5) is 22.0 Å². The SMILES string of the molecule is Cc1c(-c2ccccc2)oc2ncnc(NCCc3ccc(NC(=O)Nc4ccccc4CN(C)C)cc3)c12. The minimum Gasteiger partial charge on any atom is -0.437 e. The van der Waals surface area contributed by atoms with E-state index in [1.165, 1.54) is 6.33 Å². The molecule has 5 rings (SSSR count). The van der Waals surface area contributed by atoms with E-state index in [2.05, 4.69) is 30.8 Å². The third-order valence-electron chi connectivity index (χ3n) is 6.43. The number of amides is 2. The Balaban J connectivity index is 1.18. The first kappa shape index (κ1) is 25.9. The van der Waals surface area contributed by atoms with Gasteiger partial charge in [0.05, 0.1) is 5.39 Å². The van der Waals surface area contributed by atoms with E-state index in [4.69, 9.17) is 4.42 Å². The molecule has 0 saturated heterocycles. The highest BCUT2D eigenvalue weighted by atomic mass is 16.3. The Morgan fingerprint density at radius 1 is 0.897 bits per heavy atom. The monoisotopic (exact) mass is 520 g/mol. The number of urea groups is 1. The third kappa shape index (κ3) is 6.25. The average Bonchev–Trinajstić information content (AvgIpc) is 3.28. The van der Waals surface area contributed by atoms with Gasteiger partial charge >= 0.3 is 6.03 Å². The average molecular weight is 521 g/mol. The van der Waals surface area contributed by atoms with Crippen LogP contribution in [0.15, 0.2) is 89.6 Å². The number of aryl methyl sites for hydroxylation is 1. The first-order valence-corrected chi connectivity index (χ1v) is 12.9. The predicted octanol–water partition coefficient (Wildman–Crippen LogP) is 6.56. The number of hydrogen-bond acceptors (Lipinski definition) is 6. The second-order valence-electron chi connectivity index (χ2n) is 9.67. The number of rotatable bonds is 9. The minimum atomic E-state index is -0.270. The molecule has 8 heteroatoms. The summed E-state index contributed by atoms with van der Waals surface area (Å²) in [6.07, 6.45) is 2.31. The van der Waals surface area contributed by atoms with Gasteiger partial charge in [-0.25, -0.2) is 14.8 Å². The van der Waals surface area contributed by atoms with Crippen LogP contribution in [0.2, 0.25) is 0 Å². The van der Waals surface area contributed by atoms with Gasteiger partial charge in [0.1, 0.15) is 17.9 Å². The number of benzene rings is 3. The molecule has 2 aromatic heterocycles. The lowest BCUT2D eigenvalue weighted by Crippen LogP contribution is -2.21. The maximum absolute atomic E-state index is 12.6. The second-order valence-corrected chi connectivity index (χ2v) is 9.67. The summed E-state index contributed by atoms with van der Waals surface area (Å²) in [7, 11) is 4.00. The van der Waals surface area contributed by atoms with Gasteiger partial charge in [-0.15, -0.1) is 0 Å². The maximum Gasteiger partial charge on any atom is 0.323 e. The van der Waals surface area contributed by atoms with E-state index in [1.807, 2.05) is 99.9 Å². The number of carbonyl (C=O) groups is 1. The molecule has 5 aromatic rings. The molecule has 0 aliphatic carbocycles. The van der Waals surface area contributed by atoms with E-state index < -0.39 is 0 Å². The van der Waals surface area contributed by atoms with Crippen molar-refractivity contribution in [2.75, 3.05) is 36.6 Å². The largest absolute Gasteiger partial charge is 0.437 e. The second kappa shape index (κ2) is 11.8. The van der Waals surface area contributed by atoms with Crippen LogP contribution in [0, 0.1) is 6.92 Å². The molecule has 0 saturated carbocycles. The van der Waals surface area contributed by atoms with Crippen LogP contribution >= 0.6 is 0 Å². The quantitative estimate of drug-likeness (QED) is 0.204. The van der Waals surface area contributed by atoms with E-state index in [0.29, 0.717) is 12.3 Å². The number of nitrogens with zero attached hydrogens (tertiary/aromatic N) is 3. The molecule has 0 fully saturated rings. The molecule has 0 aliphatic rings. The number of fused-ring (bicyclic) bond motifs is 1. The lowest BCUT2D eigenvalue weighted by molar-refractivity contribution is 0.262. The van der Waals surface area contributed by atoms with E-state index in [-0.39, 0.29) is 6.03 Å². The molecule has 2 amide bonds. The van der Waals surface area contributed by atoms with Gasteiger partial charge in [-0.2, -0.15) is 0 Å². The predicted molar refractivity (Wildman–Crippen MR) is 157 cm³/mol. The van der Waals surface area contributed by atoms with Gasteiger partial charge in [0.15, 0.2) is 0 Å². The smallest absolute Gasteiger partial charge is 0.323 e. The molecule has 3 N–H and O–H groups in total. The fourth-order valence-electron chi connectivity index (χ4n) is 4.56. The molecule has 0 unspecified atom stereocenters. The molecule has 8 nitrogen and oxygen atoms in total. The van der Waals surface area contributed by atoms with Crippen molar-refractivity contribution in [1.29, 1.82) is 0 Å². The van der Waals surface area contributed by atoms with Crippen LogP contribution in [-0.4, -0.2) is 41.5 Å². The van der Waals surface area contributed by atoms with Crippen molar-refractivity contribution in [3.8, 4) is 11.3 Å². The highest BCUT2D eigenvalue weighted by Crippen LogP contribution is 2.34. The van der Waals surface area contributed by atoms with Gasteiger partial charge in [0.25, 0.3) is 0 Å². The van der Waals surface area contributed by atoms with Crippen LogP contribution in [-0.2, 0) is 13.0 Å². The van der Waals surface area contributed by atoms with E-state index in [9.17, 15) is 4.79 Å². The Labute approximate surface area is 228 Å². The van der Waals surface area contributed by atoms with Crippen molar-refractivity contribution in [3.63, 3.8) is 0 Å². The molecule has 0 atom stereocenters. The fraction of sp³-hybridized carbons (Fsp3) is 0.194. The highest BCUT2D eigenvalue weighted by Gasteiger charge is 2.17. The Hall–Kier alpha value is -4.69. The molecule has 3 aromatic carbocycles. The summed E-state index contributed by atoms with van der Waals surface area (Å²) in [4.78, 5) is 23.5. The van der Waals surface area contributed by atoms with Crippen LogP contribution in [0.3, 0.4) is 0 Å². The van der Waals surface area contributed by atoms with Gasteiger partial charge in [0.2, 0.25) is 5.71 Å². The van der Waals surface area contributed by atoms with E-state index >= 15 is 0 Å². The lowest BCUT2D eigenvalue weighted by Gasteiger charge is -2.15. The first-order valence-electron chi connectivity index (χ1n) is 12.9. The van der Waals surface area contributed by atoms with Gasteiger partial charge in [-0.1, -0.05) is 60.7 Å². The Morgan fingerprint density at radius 2 is 1.64 bits per heavy atom. The van der Waals surface area contributed by atoms with Crippen LogP contribution < -0.4 is 16.0 Å². The Morgan fingerprint density at radius 3 is 2.41 bits per heavy atom. The normalized spacial score (nSPS) is 11.1. The van der Waals surface area contributed by atoms with E-state index in [0.717, 1.165) is 63.6 Å². The third-order valence-corrected chi connectivity index (χ3v) is 6.43. The summed E-state index contributed by atoms with van der Waals surface area (Å²) in [5, 5.41) is 10.2. The molecule has 198 valence electrons. The van der Waals surface area contributed by atoms with Crippen LogP contribution in [0.25, 0.3) is 22.4 Å². The zero-order chi connectivity index (χ0) is 27.2. The number of hydrogen-bond donors (Lipinski definition) is 3. The number of para-hydroxylation sites is 1. The zero-order valence-electron chi connectivity index (χ0n) is 22.4. The van der Waals surface area contributed by atoms with Gasteiger partial charge in [-0.3, -0.25) is 0 Å².